The van der Waals surface area contributed by atoms with E-state index in [4.69, 9.17) is 28.0 Å². The molecule has 0 aromatic heterocycles. The summed E-state index contributed by atoms with van der Waals surface area (Å²) in [4.78, 5) is 15.2. The van der Waals surface area contributed by atoms with Crippen LogP contribution in [0.1, 0.15) is 39.7 Å². The van der Waals surface area contributed by atoms with Gasteiger partial charge in [-0.05, 0) is 74.6 Å². The zero-order chi connectivity index (χ0) is 36.5. The topological polar surface area (TPSA) is 162 Å². The van der Waals surface area contributed by atoms with Gasteiger partial charge in [-0.25, -0.2) is 13.2 Å². The molecule has 2 aromatic carbocycles. The van der Waals surface area contributed by atoms with E-state index in [-0.39, 0.29) is 68.2 Å². The molecule has 1 amide bonds. The molecule has 4 rings (SSSR count). The number of aliphatic hydroxyl groups excluding tert-OH is 1. The first-order valence-electron chi connectivity index (χ1n) is 17.0. The van der Waals surface area contributed by atoms with Gasteiger partial charge in [0.1, 0.15) is 11.9 Å². The van der Waals surface area contributed by atoms with E-state index in [2.05, 4.69) is 5.32 Å². The lowest BCUT2D eigenvalue weighted by molar-refractivity contribution is -0.0907. The Morgan fingerprint density at radius 1 is 1.02 bits per heavy atom. The van der Waals surface area contributed by atoms with Gasteiger partial charge in [0.2, 0.25) is 10.0 Å². The Morgan fingerprint density at radius 2 is 1.68 bits per heavy atom. The summed E-state index contributed by atoms with van der Waals surface area (Å²) < 4.78 is 75.0. The zero-order valence-electron chi connectivity index (χ0n) is 29.7. The second-order valence-corrected chi connectivity index (χ2v) is 16.9. The molecule has 0 aliphatic carbocycles. The number of anilines is 1. The maximum Gasteiger partial charge on any atom is 0.407 e. The Bertz CT molecular complexity index is 1520. The quantitative estimate of drug-likeness (QED) is 0.195. The smallest absolute Gasteiger partial charge is 0.407 e. The molecular weight excluding hydrogens is 689 g/mol. The largest absolute Gasteiger partial charge is 0.481 e. The molecule has 0 saturated carbocycles. The highest BCUT2D eigenvalue weighted by atomic mass is 32.2. The molecule has 2 N–H and O–H groups in total. The molecule has 50 heavy (non-hydrogen) atoms. The summed E-state index contributed by atoms with van der Waals surface area (Å²) in [5, 5.41) is 14.5. The summed E-state index contributed by atoms with van der Waals surface area (Å²) in [7, 11) is -3.73. The lowest BCUT2D eigenvalue weighted by Crippen LogP contribution is -2.51. The van der Waals surface area contributed by atoms with Crippen molar-refractivity contribution in [1.82, 2.24) is 9.62 Å². The van der Waals surface area contributed by atoms with Gasteiger partial charge >= 0.3 is 13.7 Å². The number of fused-ring (bicyclic) bond motifs is 1. The van der Waals surface area contributed by atoms with E-state index < -0.39 is 48.3 Å². The Morgan fingerprint density at radius 3 is 2.28 bits per heavy atom. The predicted octanol–water partition coefficient (Wildman–Crippen LogP) is 4.46. The van der Waals surface area contributed by atoms with E-state index in [0.29, 0.717) is 13.0 Å². The van der Waals surface area contributed by atoms with Crippen LogP contribution in [0, 0.1) is 11.8 Å². The van der Waals surface area contributed by atoms with Gasteiger partial charge in [0.15, 0.2) is 12.6 Å². The first kappa shape index (κ1) is 40.0. The molecule has 5 atom stereocenters. The summed E-state index contributed by atoms with van der Waals surface area (Å²) in [6.45, 7) is 8.08. The van der Waals surface area contributed by atoms with Crippen LogP contribution in [0.4, 0.5) is 10.5 Å². The highest BCUT2D eigenvalue weighted by molar-refractivity contribution is 7.89. The summed E-state index contributed by atoms with van der Waals surface area (Å²) >= 11 is 0. The van der Waals surface area contributed by atoms with E-state index in [1.54, 1.807) is 13.8 Å². The van der Waals surface area contributed by atoms with Gasteiger partial charge in [-0.2, -0.15) is 4.31 Å². The number of alkyl carbamates (subject to hydrolysis) is 1. The third kappa shape index (κ3) is 10.9. The summed E-state index contributed by atoms with van der Waals surface area (Å²) in [5.41, 5.74) is 1.82. The number of rotatable bonds is 19. The summed E-state index contributed by atoms with van der Waals surface area (Å²) in [6, 6.07) is 12.5. The fourth-order valence-electron chi connectivity index (χ4n) is 5.87. The third-order valence-electron chi connectivity index (χ3n) is 8.38. The van der Waals surface area contributed by atoms with Crippen LogP contribution in [0.25, 0.3) is 0 Å². The van der Waals surface area contributed by atoms with E-state index in [0.717, 1.165) is 11.3 Å². The highest BCUT2D eigenvalue weighted by Gasteiger charge is 2.44. The number of nitrogens with one attached hydrogen (secondary N) is 1. The van der Waals surface area contributed by atoms with Crippen LogP contribution in [-0.4, -0.2) is 108 Å². The molecule has 0 radical (unpaired) electrons. The number of nitrogens with zero attached hydrogens (tertiary/aromatic N) is 2. The van der Waals surface area contributed by atoms with Crippen molar-refractivity contribution in [2.45, 2.75) is 70.0 Å². The monoisotopic (exact) mass is 741 g/mol. The lowest BCUT2D eigenvalue weighted by Gasteiger charge is -2.31. The van der Waals surface area contributed by atoms with Crippen molar-refractivity contribution < 1.29 is 50.9 Å². The summed E-state index contributed by atoms with van der Waals surface area (Å²) in [5.74, 6) is 0.139. The molecule has 2 aromatic rings. The number of aliphatic hydroxyl groups is 1. The van der Waals surface area contributed by atoms with Crippen molar-refractivity contribution in [2.75, 3.05) is 64.9 Å². The highest BCUT2D eigenvalue weighted by Crippen LogP contribution is 2.48. The van der Waals surface area contributed by atoms with E-state index in [9.17, 15) is 22.9 Å². The van der Waals surface area contributed by atoms with Gasteiger partial charge in [-0.3, -0.25) is 4.57 Å². The lowest BCUT2D eigenvalue weighted by atomic mass is 10.0. The van der Waals surface area contributed by atoms with Crippen molar-refractivity contribution in [3.05, 3.63) is 54.1 Å². The van der Waals surface area contributed by atoms with E-state index in [1.807, 2.05) is 57.1 Å². The maximum atomic E-state index is 14.0. The molecule has 2 aliphatic heterocycles. The van der Waals surface area contributed by atoms with Gasteiger partial charge < -0.3 is 43.3 Å². The second-order valence-electron chi connectivity index (χ2n) is 13.0. The zero-order valence-corrected chi connectivity index (χ0v) is 31.4. The van der Waals surface area contributed by atoms with Crippen LogP contribution in [0.2, 0.25) is 0 Å². The number of ether oxygens (including phenoxy) is 4. The molecule has 2 fully saturated rings. The van der Waals surface area contributed by atoms with Crippen molar-refractivity contribution >= 4 is 29.4 Å². The van der Waals surface area contributed by atoms with Crippen molar-refractivity contribution in [3.63, 3.8) is 0 Å². The van der Waals surface area contributed by atoms with Gasteiger partial charge in [-0.15, -0.1) is 0 Å². The molecule has 2 aliphatic rings. The number of hydrogen-bond donors (Lipinski definition) is 2. The molecule has 14 nitrogen and oxygen atoms in total. The van der Waals surface area contributed by atoms with Gasteiger partial charge in [-0.1, -0.05) is 26.0 Å². The van der Waals surface area contributed by atoms with Crippen LogP contribution in [0.5, 0.6) is 5.75 Å². The first-order chi connectivity index (χ1) is 23.7. The molecule has 2 saturated heterocycles. The van der Waals surface area contributed by atoms with Crippen LogP contribution in [0.15, 0.2) is 53.4 Å². The SMILES string of the molecule is CCOP(=O)(COc1ccc(S(=O)(=O)N(CC(C)C)C[C@@H](O)[C@H](Cc2ccc(N(C)C)cc2)NC(=O)O[C@H]2CO[C@H]3OCC[C@H]32)cc1)OCC. The Hall–Kier alpha value is -2.75. The average Bonchev–Trinajstić information content (AvgIpc) is 3.69. The van der Waals surface area contributed by atoms with E-state index in [1.165, 1.54) is 28.6 Å². The van der Waals surface area contributed by atoms with Crippen LogP contribution in [0.3, 0.4) is 0 Å². The Kier molecular flexibility index (Phi) is 14.5. The molecular formula is C34H52N3O11PS. The average molecular weight is 742 g/mol. The van der Waals surface area contributed by atoms with Crippen molar-refractivity contribution in [3.8, 4) is 5.75 Å². The number of benzene rings is 2. The number of carbonyl (C=O) groups is 1. The maximum absolute atomic E-state index is 14.0. The molecule has 0 unspecified atom stereocenters. The Balaban J connectivity index is 1.51. The standard InChI is InChI=1S/C34H52N3O11PS/c1-7-46-49(40,47-8-2)23-45-27-13-15-28(16-14-27)50(41,42)37(20-24(3)4)21-31(38)30(19-25-9-11-26(12-10-25)36(5)6)35-34(39)48-32-22-44-33-29(32)17-18-43-33/h9-16,24,29-33,38H,7-8,17-23H2,1-6H3,(H,35,39)/t29-,30-,31+,32-,33+/m0/s1. The van der Waals surface area contributed by atoms with E-state index >= 15 is 0 Å². The van der Waals surface area contributed by atoms with Crippen LogP contribution < -0.4 is 15.0 Å². The second kappa shape index (κ2) is 18.1. The first-order valence-corrected chi connectivity index (χ1v) is 20.2. The van der Waals surface area contributed by atoms with Crippen LogP contribution >= 0.6 is 7.60 Å². The fourth-order valence-corrected chi connectivity index (χ4v) is 8.81. The molecule has 2 heterocycles. The Labute approximate surface area is 295 Å². The van der Waals surface area contributed by atoms with Crippen LogP contribution in [-0.2, 0) is 44.3 Å². The number of carbonyl (C=O) groups excluding carboxylic acids is 1. The predicted molar refractivity (Wildman–Crippen MR) is 188 cm³/mol. The minimum atomic E-state index is -4.11. The van der Waals surface area contributed by atoms with Gasteiger partial charge in [0, 0.05) is 32.9 Å². The minimum Gasteiger partial charge on any atom is -0.481 e. The molecule has 0 spiro atoms. The normalized spacial score (nSPS) is 20.5. The van der Waals surface area contributed by atoms with Crippen molar-refractivity contribution in [1.29, 1.82) is 0 Å². The molecule has 280 valence electrons. The van der Waals surface area contributed by atoms with Crippen molar-refractivity contribution in [2.24, 2.45) is 11.8 Å². The van der Waals surface area contributed by atoms with Gasteiger partial charge in [0.05, 0.1) is 49.4 Å². The molecule has 0 bridgehead atoms. The number of amides is 1. The fraction of sp³-hybridized carbons (Fsp3) is 0.618. The third-order valence-corrected chi connectivity index (χ3v) is 12.0. The number of hydrogen-bond acceptors (Lipinski definition) is 12. The number of sulfonamides is 1. The van der Waals surface area contributed by atoms with Gasteiger partial charge in [0.25, 0.3) is 0 Å². The summed E-state index contributed by atoms with van der Waals surface area (Å²) in [6.07, 6.45) is -2.32. The minimum absolute atomic E-state index is 0.0201. The molecule has 16 heteroatoms.